The Morgan fingerprint density at radius 2 is 1.96 bits per heavy atom. The molecule has 1 saturated carbocycles. The van der Waals surface area contributed by atoms with E-state index in [2.05, 4.69) is 46.7 Å². The van der Waals surface area contributed by atoms with Crippen molar-refractivity contribution in [3.8, 4) is 0 Å². The van der Waals surface area contributed by atoms with Crippen molar-refractivity contribution in [2.45, 2.75) is 63.7 Å². The van der Waals surface area contributed by atoms with Crippen molar-refractivity contribution in [3.05, 3.63) is 35.4 Å². The molecular weight excluding hydrogens is 358 g/mol. The molecule has 3 aliphatic rings. The van der Waals surface area contributed by atoms with Gasteiger partial charge in [-0.15, -0.1) is 12.4 Å². The van der Waals surface area contributed by atoms with Crippen molar-refractivity contribution in [2.24, 2.45) is 5.92 Å². The summed E-state index contributed by atoms with van der Waals surface area (Å²) in [6, 6.07) is 10.7. The number of hydrogen-bond donors (Lipinski definition) is 2. The van der Waals surface area contributed by atoms with Crippen molar-refractivity contribution in [3.63, 3.8) is 0 Å². The minimum Gasteiger partial charge on any atom is -0.379 e. The molecule has 5 heteroatoms. The van der Waals surface area contributed by atoms with E-state index >= 15 is 0 Å². The fourth-order valence-corrected chi connectivity index (χ4v) is 5.13. The Morgan fingerprint density at radius 3 is 2.70 bits per heavy atom. The van der Waals surface area contributed by atoms with E-state index in [1.165, 1.54) is 56.3 Å². The average molecular weight is 394 g/mol. The van der Waals surface area contributed by atoms with Crippen LogP contribution >= 0.6 is 12.4 Å². The summed E-state index contributed by atoms with van der Waals surface area (Å²) in [4.78, 5) is 2.63. The maximum absolute atomic E-state index is 5.72. The molecule has 1 aliphatic carbocycles. The minimum atomic E-state index is 0. The van der Waals surface area contributed by atoms with Crippen LogP contribution in [0.4, 0.5) is 0 Å². The van der Waals surface area contributed by atoms with E-state index in [0.717, 1.165) is 32.2 Å². The Kier molecular flexibility index (Phi) is 7.97. The summed E-state index contributed by atoms with van der Waals surface area (Å²) in [6.45, 7) is 8.56. The molecule has 3 atom stereocenters. The molecule has 2 saturated heterocycles. The zero-order valence-electron chi connectivity index (χ0n) is 16.7. The summed E-state index contributed by atoms with van der Waals surface area (Å²) in [5.41, 5.74) is 2.90. The van der Waals surface area contributed by atoms with Crippen LogP contribution in [-0.4, -0.2) is 55.9 Å². The van der Waals surface area contributed by atoms with Crippen LogP contribution in [0.15, 0.2) is 24.3 Å². The van der Waals surface area contributed by atoms with Gasteiger partial charge in [0.1, 0.15) is 0 Å². The van der Waals surface area contributed by atoms with Crippen molar-refractivity contribution in [1.82, 2.24) is 15.5 Å². The predicted molar refractivity (Wildman–Crippen MR) is 114 cm³/mol. The Hall–Kier alpha value is -0.650. The summed E-state index contributed by atoms with van der Waals surface area (Å²) in [6.07, 6.45) is 6.62. The number of rotatable bonds is 5. The molecular formula is C22H36ClN3O. The number of piperidine rings is 1. The first-order valence-corrected chi connectivity index (χ1v) is 10.6. The first kappa shape index (κ1) is 21.1. The van der Waals surface area contributed by atoms with Crippen LogP contribution in [-0.2, 0) is 11.3 Å². The van der Waals surface area contributed by atoms with Crippen LogP contribution in [0.1, 0.15) is 43.2 Å². The molecule has 2 aliphatic heterocycles. The summed E-state index contributed by atoms with van der Waals surface area (Å²) in [5, 5.41) is 7.73. The summed E-state index contributed by atoms with van der Waals surface area (Å²) in [7, 11) is 0. The van der Waals surface area contributed by atoms with Crippen molar-refractivity contribution in [2.75, 3.05) is 32.8 Å². The topological polar surface area (TPSA) is 36.5 Å². The van der Waals surface area contributed by atoms with Gasteiger partial charge in [0, 0.05) is 31.2 Å². The van der Waals surface area contributed by atoms with E-state index in [0.29, 0.717) is 18.1 Å². The lowest BCUT2D eigenvalue weighted by Crippen LogP contribution is -2.53. The van der Waals surface area contributed by atoms with Gasteiger partial charge in [0.05, 0.1) is 13.2 Å². The zero-order valence-corrected chi connectivity index (χ0v) is 17.5. The molecule has 27 heavy (non-hydrogen) atoms. The summed E-state index contributed by atoms with van der Waals surface area (Å²) < 4.78 is 5.72. The third-order valence-electron chi connectivity index (χ3n) is 6.73. The summed E-state index contributed by atoms with van der Waals surface area (Å²) in [5.74, 6) is 0.750. The monoisotopic (exact) mass is 393 g/mol. The lowest BCUT2D eigenvalue weighted by molar-refractivity contribution is 0.0505. The van der Waals surface area contributed by atoms with Gasteiger partial charge in [0.2, 0.25) is 0 Å². The van der Waals surface area contributed by atoms with Crippen molar-refractivity contribution < 1.29 is 4.74 Å². The van der Waals surface area contributed by atoms with Crippen molar-refractivity contribution >= 4 is 12.4 Å². The van der Waals surface area contributed by atoms with Crippen LogP contribution in [0.2, 0.25) is 0 Å². The van der Waals surface area contributed by atoms with E-state index in [4.69, 9.17) is 4.74 Å². The number of likely N-dealkylation sites (tertiary alicyclic amines) is 1. The molecule has 3 fully saturated rings. The molecule has 2 heterocycles. The second kappa shape index (κ2) is 10.2. The zero-order chi connectivity index (χ0) is 17.8. The van der Waals surface area contributed by atoms with Gasteiger partial charge in [0.15, 0.2) is 0 Å². The second-order valence-corrected chi connectivity index (χ2v) is 8.48. The number of ether oxygens (including phenoxy) is 1. The van der Waals surface area contributed by atoms with Gasteiger partial charge in [0.25, 0.3) is 0 Å². The fourth-order valence-electron chi connectivity index (χ4n) is 5.13. The number of benzene rings is 1. The third kappa shape index (κ3) is 5.45. The molecule has 0 spiro atoms. The molecule has 3 unspecified atom stereocenters. The van der Waals surface area contributed by atoms with Gasteiger partial charge in [-0.1, -0.05) is 30.7 Å². The van der Waals surface area contributed by atoms with Crippen LogP contribution in [0.5, 0.6) is 0 Å². The largest absolute Gasteiger partial charge is 0.379 e. The predicted octanol–water partition coefficient (Wildman–Crippen LogP) is 3.13. The molecule has 4 rings (SSSR count). The van der Waals surface area contributed by atoms with Gasteiger partial charge in [-0.2, -0.15) is 0 Å². The Morgan fingerprint density at radius 1 is 1.15 bits per heavy atom. The van der Waals surface area contributed by atoms with Crippen LogP contribution in [0.3, 0.4) is 0 Å². The molecule has 0 bridgehead atoms. The van der Waals surface area contributed by atoms with E-state index in [1.807, 2.05) is 0 Å². The van der Waals surface area contributed by atoms with E-state index in [9.17, 15) is 0 Å². The SMILES string of the molecule is Cc1ccccc1CN1CCC(NC2CCCC2C2COCCN2)CC1.Cl. The molecule has 0 radical (unpaired) electrons. The van der Waals surface area contributed by atoms with E-state index in [-0.39, 0.29) is 12.4 Å². The standard InChI is InChI=1S/C22H35N3O.ClH/c1-17-5-2-3-6-18(17)15-25-12-9-19(10-13-25)24-21-8-4-7-20(21)22-16-26-14-11-23-22;/h2-3,5-6,19-24H,4,7-16H2,1H3;1H. The van der Waals surface area contributed by atoms with Gasteiger partial charge < -0.3 is 15.4 Å². The van der Waals surface area contributed by atoms with Gasteiger partial charge in [-0.3, -0.25) is 4.90 Å². The highest BCUT2D eigenvalue weighted by Gasteiger charge is 2.36. The van der Waals surface area contributed by atoms with E-state index < -0.39 is 0 Å². The maximum atomic E-state index is 5.72. The molecule has 4 nitrogen and oxygen atoms in total. The molecule has 0 aromatic heterocycles. The average Bonchev–Trinajstić information content (AvgIpc) is 3.14. The second-order valence-electron chi connectivity index (χ2n) is 8.48. The highest BCUT2D eigenvalue weighted by molar-refractivity contribution is 5.85. The first-order valence-electron chi connectivity index (χ1n) is 10.6. The molecule has 152 valence electrons. The van der Waals surface area contributed by atoms with Crippen LogP contribution < -0.4 is 10.6 Å². The highest BCUT2D eigenvalue weighted by atomic mass is 35.5. The number of hydrogen-bond acceptors (Lipinski definition) is 4. The number of nitrogens with zero attached hydrogens (tertiary/aromatic N) is 1. The smallest absolute Gasteiger partial charge is 0.0623 e. The van der Waals surface area contributed by atoms with Gasteiger partial charge in [-0.25, -0.2) is 0 Å². The van der Waals surface area contributed by atoms with Crippen LogP contribution in [0, 0.1) is 12.8 Å². The molecule has 0 amide bonds. The Labute approximate surface area is 170 Å². The molecule has 2 N–H and O–H groups in total. The molecule has 1 aromatic carbocycles. The Bertz CT molecular complexity index is 570. The maximum Gasteiger partial charge on any atom is 0.0623 e. The summed E-state index contributed by atoms with van der Waals surface area (Å²) >= 11 is 0. The number of aryl methyl sites for hydroxylation is 1. The molecule has 1 aromatic rings. The number of halogens is 1. The lowest BCUT2D eigenvalue weighted by Gasteiger charge is -2.38. The third-order valence-corrected chi connectivity index (χ3v) is 6.73. The highest BCUT2D eigenvalue weighted by Crippen LogP contribution is 2.30. The van der Waals surface area contributed by atoms with Crippen LogP contribution in [0.25, 0.3) is 0 Å². The quantitative estimate of drug-likeness (QED) is 0.805. The lowest BCUT2D eigenvalue weighted by atomic mass is 9.92. The normalized spacial score (nSPS) is 30.2. The van der Waals surface area contributed by atoms with Crippen molar-refractivity contribution in [1.29, 1.82) is 0 Å². The minimum absolute atomic E-state index is 0. The first-order chi connectivity index (χ1) is 12.8. The number of nitrogens with one attached hydrogen (secondary N) is 2. The number of morpholine rings is 1. The van der Waals surface area contributed by atoms with Gasteiger partial charge in [-0.05, 0) is 62.7 Å². The van der Waals surface area contributed by atoms with E-state index in [1.54, 1.807) is 0 Å². The fraction of sp³-hybridized carbons (Fsp3) is 0.727. The Balaban J connectivity index is 0.00000210. The van der Waals surface area contributed by atoms with Gasteiger partial charge >= 0.3 is 0 Å².